The van der Waals surface area contributed by atoms with Crippen molar-refractivity contribution in [1.82, 2.24) is 5.32 Å². The monoisotopic (exact) mass is 355 g/mol. The van der Waals surface area contributed by atoms with Gasteiger partial charge in [0, 0.05) is 17.7 Å². The topological polar surface area (TPSA) is 56.8 Å². The van der Waals surface area contributed by atoms with E-state index < -0.39 is 0 Å². The van der Waals surface area contributed by atoms with Crippen molar-refractivity contribution >= 4 is 5.91 Å². The summed E-state index contributed by atoms with van der Waals surface area (Å²) in [4.78, 5) is 11.8. The molecule has 0 aromatic heterocycles. The van der Waals surface area contributed by atoms with Crippen LogP contribution in [0.4, 0.5) is 0 Å². The third kappa shape index (κ3) is 3.47. The molecule has 0 saturated heterocycles. The molecule has 138 valence electrons. The average Bonchev–Trinajstić information content (AvgIpc) is 3.01. The Morgan fingerprint density at radius 3 is 2.50 bits per heavy atom. The van der Waals surface area contributed by atoms with Gasteiger partial charge in [0.2, 0.25) is 5.75 Å². The molecular weight excluding hydrogens is 330 g/mol. The van der Waals surface area contributed by atoms with E-state index in [-0.39, 0.29) is 5.91 Å². The highest BCUT2D eigenvalue weighted by atomic mass is 16.5. The summed E-state index contributed by atoms with van der Waals surface area (Å²) in [5.74, 6) is 2.42. The molecule has 0 bridgehead atoms. The first kappa shape index (κ1) is 18.1. The van der Waals surface area contributed by atoms with E-state index in [1.165, 1.54) is 0 Å². The predicted octanol–water partition coefficient (Wildman–Crippen LogP) is 4.04. The lowest BCUT2D eigenvalue weighted by Gasteiger charge is -2.18. The Labute approximate surface area is 154 Å². The molecule has 3 rings (SSSR count). The van der Waals surface area contributed by atoms with Crippen molar-refractivity contribution in [2.45, 2.75) is 26.8 Å². The Morgan fingerprint density at radius 2 is 1.81 bits per heavy atom. The second-order valence-electron chi connectivity index (χ2n) is 6.76. The molecule has 0 atom stereocenters. The van der Waals surface area contributed by atoms with Gasteiger partial charge in [0.05, 0.1) is 20.8 Å². The molecule has 1 heterocycles. The zero-order valence-corrected chi connectivity index (χ0v) is 15.7. The number of nitrogens with one attached hydrogen (secondary N) is 1. The first-order valence-electron chi connectivity index (χ1n) is 8.84. The number of carbonyl (C=O) groups is 1. The molecule has 5 heteroatoms. The normalized spacial score (nSPS) is 12.7. The minimum Gasteiger partial charge on any atom is -0.493 e. The lowest BCUT2D eigenvalue weighted by Crippen LogP contribution is -2.12. The molecule has 0 spiro atoms. The molecular formula is C21H25NO4. The number of benzene rings is 2. The van der Waals surface area contributed by atoms with Gasteiger partial charge in [-0.05, 0) is 47.7 Å². The fourth-order valence-electron chi connectivity index (χ4n) is 3.07. The second-order valence-corrected chi connectivity index (χ2v) is 6.76. The lowest BCUT2D eigenvalue weighted by molar-refractivity contribution is 0.0966. The van der Waals surface area contributed by atoms with Crippen molar-refractivity contribution in [1.29, 1.82) is 0 Å². The molecule has 2 aromatic carbocycles. The maximum Gasteiger partial charge on any atom is 0.251 e. The van der Waals surface area contributed by atoms with E-state index in [2.05, 4.69) is 19.2 Å². The zero-order chi connectivity index (χ0) is 18.7. The van der Waals surface area contributed by atoms with Crippen molar-refractivity contribution in [3.63, 3.8) is 0 Å². The molecule has 0 aliphatic carbocycles. The van der Waals surface area contributed by atoms with Crippen LogP contribution in [0.2, 0.25) is 0 Å². The van der Waals surface area contributed by atoms with Crippen LogP contribution in [0.1, 0.15) is 36.2 Å². The number of methoxy groups -OCH3 is 2. The van der Waals surface area contributed by atoms with Crippen LogP contribution in [-0.4, -0.2) is 26.7 Å². The van der Waals surface area contributed by atoms with Gasteiger partial charge in [-0.15, -0.1) is 0 Å². The number of rotatable bonds is 7. The van der Waals surface area contributed by atoms with Crippen LogP contribution in [0, 0.1) is 5.92 Å². The first-order valence-corrected chi connectivity index (χ1v) is 8.84. The Kier molecular flexibility index (Phi) is 5.35. The fraction of sp³-hybridized carbons (Fsp3) is 0.381. The summed E-state index contributed by atoms with van der Waals surface area (Å²) in [5, 5.41) is 2.85. The molecule has 0 radical (unpaired) electrons. The van der Waals surface area contributed by atoms with Gasteiger partial charge in [0.1, 0.15) is 0 Å². The molecule has 0 unspecified atom stereocenters. The minimum atomic E-state index is -0.0210. The number of amides is 1. The van der Waals surface area contributed by atoms with Gasteiger partial charge in [-0.3, -0.25) is 4.79 Å². The number of hydrogen-bond acceptors (Lipinski definition) is 4. The van der Waals surface area contributed by atoms with E-state index in [1.807, 2.05) is 30.3 Å². The van der Waals surface area contributed by atoms with Crippen LogP contribution >= 0.6 is 0 Å². The lowest BCUT2D eigenvalue weighted by atomic mass is 9.99. The molecule has 5 nitrogen and oxygen atoms in total. The van der Waals surface area contributed by atoms with Crippen molar-refractivity contribution in [2.75, 3.05) is 20.8 Å². The number of carbonyl (C=O) groups excluding carboxylic acids is 1. The van der Waals surface area contributed by atoms with Crippen LogP contribution < -0.4 is 19.5 Å². The van der Waals surface area contributed by atoms with Crippen LogP contribution in [0.5, 0.6) is 17.2 Å². The zero-order valence-electron chi connectivity index (χ0n) is 15.7. The van der Waals surface area contributed by atoms with E-state index in [1.54, 1.807) is 14.2 Å². The first-order chi connectivity index (χ1) is 12.5. The Bertz CT molecular complexity index is 814. The third-order valence-electron chi connectivity index (χ3n) is 4.54. The Balaban J connectivity index is 2.04. The van der Waals surface area contributed by atoms with Gasteiger partial charge in [-0.25, -0.2) is 0 Å². The van der Waals surface area contributed by atoms with Gasteiger partial charge >= 0.3 is 0 Å². The molecule has 1 aliphatic rings. The quantitative estimate of drug-likeness (QED) is 0.814. The summed E-state index contributed by atoms with van der Waals surface area (Å²) < 4.78 is 17.1. The maximum atomic E-state index is 11.8. The largest absolute Gasteiger partial charge is 0.493 e. The highest BCUT2D eigenvalue weighted by Gasteiger charge is 2.22. The minimum absolute atomic E-state index is 0.0210. The molecule has 26 heavy (non-hydrogen) atoms. The summed E-state index contributed by atoms with van der Waals surface area (Å²) in [7, 11) is 3.23. The van der Waals surface area contributed by atoms with Gasteiger partial charge < -0.3 is 19.5 Å². The number of fused-ring (bicyclic) bond motifs is 1. The van der Waals surface area contributed by atoms with E-state index in [0.717, 1.165) is 28.7 Å². The number of hydrogen-bond donors (Lipinski definition) is 1. The van der Waals surface area contributed by atoms with E-state index in [0.29, 0.717) is 36.3 Å². The maximum absolute atomic E-state index is 11.8. The molecule has 2 aromatic rings. The van der Waals surface area contributed by atoms with Crippen molar-refractivity contribution in [2.24, 2.45) is 5.92 Å². The highest BCUT2D eigenvalue weighted by molar-refractivity contribution is 5.99. The Hall–Kier alpha value is -2.69. The van der Waals surface area contributed by atoms with Gasteiger partial charge in [-0.1, -0.05) is 19.9 Å². The SMILES string of the molecule is COc1ccc(-c2ccc3c(c2)CNC3=O)c(OCCC(C)C)c1OC. The smallest absolute Gasteiger partial charge is 0.251 e. The van der Waals surface area contributed by atoms with Gasteiger partial charge in [0.15, 0.2) is 11.5 Å². The number of ether oxygens (including phenoxy) is 3. The van der Waals surface area contributed by atoms with Gasteiger partial charge in [0.25, 0.3) is 5.91 Å². The molecule has 0 saturated carbocycles. The summed E-state index contributed by atoms with van der Waals surface area (Å²) >= 11 is 0. The van der Waals surface area contributed by atoms with Crippen molar-refractivity contribution < 1.29 is 19.0 Å². The summed E-state index contributed by atoms with van der Waals surface area (Å²) in [6.07, 6.45) is 0.947. The van der Waals surface area contributed by atoms with Crippen LogP contribution in [-0.2, 0) is 6.54 Å². The summed E-state index contributed by atoms with van der Waals surface area (Å²) in [6, 6.07) is 9.68. The van der Waals surface area contributed by atoms with Gasteiger partial charge in [-0.2, -0.15) is 0 Å². The van der Waals surface area contributed by atoms with Crippen molar-refractivity contribution in [3.05, 3.63) is 41.5 Å². The van der Waals surface area contributed by atoms with Crippen molar-refractivity contribution in [3.8, 4) is 28.4 Å². The standard InChI is InChI=1S/C21H25NO4/c1-13(2)9-10-26-19-16(7-8-18(24-3)20(19)25-4)14-5-6-17-15(11-14)12-22-21(17)23/h5-8,11,13H,9-10,12H2,1-4H3,(H,22,23). The second kappa shape index (κ2) is 7.68. The summed E-state index contributed by atoms with van der Waals surface area (Å²) in [5.41, 5.74) is 3.64. The van der Waals surface area contributed by atoms with E-state index in [4.69, 9.17) is 14.2 Å². The molecule has 1 aliphatic heterocycles. The molecule has 1 N–H and O–H groups in total. The molecule has 0 fully saturated rings. The average molecular weight is 355 g/mol. The highest BCUT2D eigenvalue weighted by Crippen LogP contribution is 2.45. The van der Waals surface area contributed by atoms with Crippen LogP contribution in [0.25, 0.3) is 11.1 Å². The predicted molar refractivity (Wildman–Crippen MR) is 101 cm³/mol. The molecule has 1 amide bonds. The van der Waals surface area contributed by atoms with E-state index >= 15 is 0 Å². The van der Waals surface area contributed by atoms with E-state index in [9.17, 15) is 4.79 Å². The van der Waals surface area contributed by atoms with Crippen LogP contribution in [0.15, 0.2) is 30.3 Å². The third-order valence-corrected chi connectivity index (χ3v) is 4.54. The Morgan fingerprint density at radius 1 is 1.04 bits per heavy atom. The fourth-order valence-corrected chi connectivity index (χ4v) is 3.07. The van der Waals surface area contributed by atoms with Crippen LogP contribution in [0.3, 0.4) is 0 Å². The summed E-state index contributed by atoms with van der Waals surface area (Å²) in [6.45, 7) is 5.48.